The number of anilines is 1. The van der Waals surface area contributed by atoms with Crippen LogP contribution in [0.4, 0.5) is 6.01 Å². The number of nitrogens with one attached hydrogen (secondary N) is 1. The van der Waals surface area contributed by atoms with E-state index in [0.717, 1.165) is 12.1 Å². The van der Waals surface area contributed by atoms with Gasteiger partial charge in [0.25, 0.3) is 0 Å². The predicted octanol–water partition coefficient (Wildman–Crippen LogP) is 1.30. The summed E-state index contributed by atoms with van der Waals surface area (Å²) in [6.07, 6.45) is 2.72. The first kappa shape index (κ1) is 11.7. The van der Waals surface area contributed by atoms with Crippen LogP contribution in [0.2, 0.25) is 0 Å². The van der Waals surface area contributed by atoms with Crippen molar-refractivity contribution in [1.82, 2.24) is 4.98 Å². The van der Waals surface area contributed by atoms with E-state index >= 15 is 0 Å². The van der Waals surface area contributed by atoms with Gasteiger partial charge in [-0.15, -0.1) is 0 Å². The second-order valence-electron chi connectivity index (χ2n) is 3.72. The van der Waals surface area contributed by atoms with Crippen molar-refractivity contribution in [3.63, 3.8) is 0 Å². The second-order valence-corrected chi connectivity index (χ2v) is 3.72. The summed E-state index contributed by atoms with van der Waals surface area (Å²) in [4.78, 5) is 15.4. The second kappa shape index (κ2) is 5.50. The number of rotatable bonds is 5. The molecule has 84 valence electrons. The molecule has 5 nitrogen and oxygen atoms in total. The summed E-state index contributed by atoms with van der Waals surface area (Å²) in [6.45, 7) is 4.42. The van der Waals surface area contributed by atoms with E-state index in [4.69, 9.17) is 10.2 Å². The highest BCUT2D eigenvalue weighted by Crippen LogP contribution is 2.08. The van der Waals surface area contributed by atoms with Gasteiger partial charge in [-0.25, -0.2) is 0 Å². The Morgan fingerprint density at radius 2 is 2.47 bits per heavy atom. The zero-order valence-corrected chi connectivity index (χ0v) is 9.12. The molecule has 0 aliphatic heterocycles. The van der Waals surface area contributed by atoms with Crippen LogP contribution in [0, 0.1) is 12.8 Å². The Balaban J connectivity index is 2.30. The third-order valence-electron chi connectivity index (χ3n) is 2.13. The first-order valence-corrected chi connectivity index (χ1v) is 5.04. The van der Waals surface area contributed by atoms with E-state index in [1.54, 1.807) is 6.92 Å². The first-order valence-electron chi connectivity index (χ1n) is 5.04. The summed E-state index contributed by atoms with van der Waals surface area (Å²) in [5.74, 6) is 0.277. The van der Waals surface area contributed by atoms with Crippen molar-refractivity contribution < 1.29 is 9.21 Å². The van der Waals surface area contributed by atoms with Crippen LogP contribution < -0.4 is 11.1 Å². The minimum Gasteiger partial charge on any atom is -0.432 e. The largest absolute Gasteiger partial charge is 0.432 e. The zero-order valence-electron chi connectivity index (χ0n) is 9.12. The summed E-state index contributed by atoms with van der Waals surface area (Å²) in [6, 6.07) is 0.262. The Morgan fingerprint density at radius 3 is 3.00 bits per heavy atom. The molecule has 1 unspecified atom stereocenters. The molecule has 0 saturated heterocycles. The molecule has 0 spiro atoms. The number of hydrogen-bond donors (Lipinski definition) is 2. The van der Waals surface area contributed by atoms with Crippen LogP contribution in [-0.4, -0.2) is 17.4 Å². The molecule has 15 heavy (non-hydrogen) atoms. The Morgan fingerprint density at radius 1 is 1.73 bits per heavy atom. The molecule has 5 heteroatoms. The standard InChI is InChI=1S/C10H17N3O2/c1-7(5-11)3-4-9(14)13-10-12-8(2)6-15-10/h6-7H,3-5,11H2,1-2H3,(H,12,13,14). The summed E-state index contributed by atoms with van der Waals surface area (Å²) in [7, 11) is 0. The molecular formula is C10H17N3O2. The Bertz CT molecular complexity index is 322. The SMILES string of the molecule is Cc1coc(NC(=O)CCC(C)CN)n1. The lowest BCUT2D eigenvalue weighted by atomic mass is 10.1. The van der Waals surface area contributed by atoms with Gasteiger partial charge in [-0.05, 0) is 25.8 Å². The van der Waals surface area contributed by atoms with E-state index in [2.05, 4.69) is 10.3 Å². The maximum absolute atomic E-state index is 11.4. The highest BCUT2D eigenvalue weighted by atomic mass is 16.4. The molecule has 0 aliphatic carbocycles. The Labute approximate surface area is 89.1 Å². The van der Waals surface area contributed by atoms with Crippen molar-refractivity contribution in [3.8, 4) is 0 Å². The van der Waals surface area contributed by atoms with Crippen LogP contribution in [-0.2, 0) is 4.79 Å². The number of nitrogens with zero attached hydrogens (tertiary/aromatic N) is 1. The number of carbonyl (C=O) groups excluding carboxylic acids is 1. The molecule has 1 aromatic rings. The minimum atomic E-state index is -0.0860. The smallest absolute Gasteiger partial charge is 0.301 e. The maximum atomic E-state index is 11.4. The maximum Gasteiger partial charge on any atom is 0.301 e. The topological polar surface area (TPSA) is 81.2 Å². The van der Waals surface area contributed by atoms with E-state index < -0.39 is 0 Å². The van der Waals surface area contributed by atoms with Crippen molar-refractivity contribution in [1.29, 1.82) is 0 Å². The molecule has 0 aromatic carbocycles. The molecule has 1 rings (SSSR count). The Kier molecular flexibility index (Phi) is 4.30. The van der Waals surface area contributed by atoms with Gasteiger partial charge < -0.3 is 10.2 Å². The third-order valence-corrected chi connectivity index (χ3v) is 2.13. The van der Waals surface area contributed by atoms with Gasteiger partial charge in [-0.3, -0.25) is 10.1 Å². The van der Waals surface area contributed by atoms with Crippen molar-refractivity contribution in [3.05, 3.63) is 12.0 Å². The molecule has 3 N–H and O–H groups in total. The highest BCUT2D eigenvalue weighted by molar-refractivity contribution is 5.88. The van der Waals surface area contributed by atoms with Gasteiger partial charge >= 0.3 is 6.01 Å². The number of carbonyl (C=O) groups is 1. The van der Waals surface area contributed by atoms with E-state index in [0.29, 0.717) is 18.9 Å². The van der Waals surface area contributed by atoms with Crippen LogP contribution in [0.1, 0.15) is 25.5 Å². The lowest BCUT2D eigenvalue weighted by Gasteiger charge is -2.06. The van der Waals surface area contributed by atoms with Gasteiger partial charge in [0.05, 0.1) is 5.69 Å². The highest BCUT2D eigenvalue weighted by Gasteiger charge is 2.08. The van der Waals surface area contributed by atoms with Gasteiger partial charge in [0.2, 0.25) is 5.91 Å². The lowest BCUT2D eigenvalue weighted by Crippen LogP contribution is -2.16. The molecule has 0 aliphatic rings. The molecule has 0 saturated carbocycles. The molecule has 0 fully saturated rings. The van der Waals surface area contributed by atoms with Crippen molar-refractivity contribution in [2.75, 3.05) is 11.9 Å². The van der Waals surface area contributed by atoms with Gasteiger partial charge in [0.1, 0.15) is 6.26 Å². The first-order chi connectivity index (χ1) is 7.11. The Hall–Kier alpha value is -1.36. The van der Waals surface area contributed by atoms with E-state index in [1.807, 2.05) is 6.92 Å². The number of aryl methyl sites for hydroxylation is 1. The van der Waals surface area contributed by atoms with Crippen LogP contribution >= 0.6 is 0 Å². The molecule has 0 radical (unpaired) electrons. The quantitative estimate of drug-likeness (QED) is 0.769. The molecule has 1 amide bonds. The molecular weight excluding hydrogens is 194 g/mol. The summed E-state index contributed by atoms with van der Waals surface area (Å²) >= 11 is 0. The van der Waals surface area contributed by atoms with Crippen LogP contribution in [0.5, 0.6) is 0 Å². The summed E-state index contributed by atoms with van der Waals surface area (Å²) in [5.41, 5.74) is 6.20. The van der Waals surface area contributed by atoms with Crippen LogP contribution in [0.3, 0.4) is 0 Å². The van der Waals surface area contributed by atoms with Gasteiger partial charge in [-0.1, -0.05) is 6.92 Å². The molecule has 1 atom stereocenters. The lowest BCUT2D eigenvalue weighted by molar-refractivity contribution is -0.116. The minimum absolute atomic E-state index is 0.0860. The van der Waals surface area contributed by atoms with Gasteiger partial charge in [0, 0.05) is 6.42 Å². The van der Waals surface area contributed by atoms with E-state index in [9.17, 15) is 4.79 Å². The van der Waals surface area contributed by atoms with Crippen molar-refractivity contribution in [2.24, 2.45) is 11.7 Å². The molecule has 1 aromatic heterocycles. The fraction of sp³-hybridized carbons (Fsp3) is 0.600. The molecule has 0 bridgehead atoms. The summed E-state index contributed by atoms with van der Waals surface area (Å²) < 4.78 is 5.00. The van der Waals surface area contributed by atoms with Crippen molar-refractivity contribution in [2.45, 2.75) is 26.7 Å². The number of nitrogens with two attached hydrogens (primary N) is 1. The van der Waals surface area contributed by atoms with Gasteiger partial charge in [0.15, 0.2) is 0 Å². The van der Waals surface area contributed by atoms with Gasteiger partial charge in [-0.2, -0.15) is 4.98 Å². The fourth-order valence-corrected chi connectivity index (χ4v) is 1.09. The third kappa shape index (κ3) is 4.12. The summed E-state index contributed by atoms with van der Waals surface area (Å²) in [5, 5.41) is 2.58. The monoisotopic (exact) mass is 211 g/mol. The van der Waals surface area contributed by atoms with Crippen molar-refractivity contribution >= 4 is 11.9 Å². The fourth-order valence-electron chi connectivity index (χ4n) is 1.09. The van der Waals surface area contributed by atoms with Crippen LogP contribution in [0.15, 0.2) is 10.7 Å². The average Bonchev–Trinajstić information content (AvgIpc) is 2.60. The number of hydrogen-bond acceptors (Lipinski definition) is 4. The number of oxazole rings is 1. The van der Waals surface area contributed by atoms with E-state index in [-0.39, 0.29) is 11.9 Å². The number of aromatic nitrogens is 1. The van der Waals surface area contributed by atoms with Crippen LogP contribution in [0.25, 0.3) is 0 Å². The van der Waals surface area contributed by atoms with E-state index in [1.165, 1.54) is 6.26 Å². The normalized spacial score (nSPS) is 12.5. The average molecular weight is 211 g/mol. The molecule has 1 heterocycles. The number of amides is 1. The predicted molar refractivity (Wildman–Crippen MR) is 57.3 cm³/mol. The zero-order chi connectivity index (χ0) is 11.3.